The highest BCUT2D eigenvalue weighted by molar-refractivity contribution is 7.98. The van der Waals surface area contributed by atoms with Crippen LogP contribution in [0.1, 0.15) is 24.5 Å². The molecule has 0 unspecified atom stereocenters. The van der Waals surface area contributed by atoms with Gasteiger partial charge in [0.15, 0.2) is 11.8 Å². The van der Waals surface area contributed by atoms with Crippen LogP contribution in [0.15, 0.2) is 29.3 Å². The molecule has 0 atom stereocenters. The first-order valence-corrected chi connectivity index (χ1v) is 11.1. The van der Waals surface area contributed by atoms with E-state index in [1.807, 2.05) is 54.6 Å². The predicted molar refractivity (Wildman–Crippen MR) is 120 cm³/mol. The fraction of sp³-hybridized carbons (Fsp3) is 0.550. The van der Waals surface area contributed by atoms with E-state index < -0.39 is 0 Å². The Kier molecular flexibility index (Phi) is 10.4. The summed E-state index contributed by atoms with van der Waals surface area (Å²) < 4.78 is 12.8. The Bertz CT molecular complexity index is 765. The first-order chi connectivity index (χ1) is 14.1. The van der Waals surface area contributed by atoms with Gasteiger partial charge in [-0.25, -0.2) is 4.99 Å². The highest BCUT2D eigenvalue weighted by Gasteiger charge is 2.06. The van der Waals surface area contributed by atoms with Crippen molar-refractivity contribution < 1.29 is 9.47 Å². The predicted octanol–water partition coefficient (Wildman–Crippen LogP) is 2.85. The van der Waals surface area contributed by atoms with Gasteiger partial charge in [0, 0.05) is 45.5 Å². The van der Waals surface area contributed by atoms with Crippen molar-refractivity contribution in [3.8, 4) is 5.75 Å². The SMILES string of the molecule is COCCCOc1cccc(NC(=NCc2nnc(C)n2C)NCCCSC)c1. The maximum Gasteiger partial charge on any atom is 0.196 e. The van der Waals surface area contributed by atoms with Crippen LogP contribution in [0.4, 0.5) is 5.69 Å². The van der Waals surface area contributed by atoms with Crippen LogP contribution in [0.2, 0.25) is 0 Å². The number of anilines is 1. The van der Waals surface area contributed by atoms with Crippen LogP contribution in [0.3, 0.4) is 0 Å². The highest BCUT2D eigenvalue weighted by Crippen LogP contribution is 2.17. The normalized spacial score (nSPS) is 11.5. The summed E-state index contributed by atoms with van der Waals surface area (Å²) in [6.45, 7) is 4.53. The molecular weight excluding hydrogens is 388 g/mol. The quantitative estimate of drug-likeness (QED) is 0.310. The standard InChI is InChI=1S/C20H32N6O2S/c1-16-24-25-19(26(16)2)15-22-20(21-10-6-13-29-4)23-17-8-5-9-18(14-17)28-12-7-11-27-3/h5,8-9,14H,6-7,10-13,15H2,1-4H3,(H2,21,22,23). The minimum atomic E-state index is 0.447. The number of guanidine groups is 1. The molecule has 0 saturated carbocycles. The van der Waals surface area contributed by atoms with E-state index in [4.69, 9.17) is 9.47 Å². The van der Waals surface area contributed by atoms with Gasteiger partial charge in [0.25, 0.3) is 0 Å². The summed E-state index contributed by atoms with van der Waals surface area (Å²) >= 11 is 1.84. The Morgan fingerprint density at radius 1 is 1.24 bits per heavy atom. The van der Waals surface area contributed by atoms with Crippen molar-refractivity contribution in [2.45, 2.75) is 26.3 Å². The molecular formula is C20H32N6O2S. The van der Waals surface area contributed by atoms with Gasteiger partial charge < -0.3 is 24.7 Å². The molecule has 9 heteroatoms. The third-order valence-electron chi connectivity index (χ3n) is 4.24. The third kappa shape index (κ3) is 8.33. The number of aliphatic imine (C=N–C) groups is 1. The van der Waals surface area contributed by atoms with Crippen molar-refractivity contribution in [2.75, 3.05) is 44.2 Å². The van der Waals surface area contributed by atoms with Crippen molar-refractivity contribution in [1.82, 2.24) is 20.1 Å². The van der Waals surface area contributed by atoms with Gasteiger partial charge in [0.1, 0.15) is 18.1 Å². The van der Waals surface area contributed by atoms with Crippen molar-refractivity contribution in [3.63, 3.8) is 0 Å². The number of benzene rings is 1. The second-order valence-corrected chi connectivity index (χ2v) is 7.49. The molecule has 1 heterocycles. The van der Waals surface area contributed by atoms with Crippen molar-refractivity contribution in [2.24, 2.45) is 12.0 Å². The fourth-order valence-electron chi connectivity index (χ4n) is 2.50. The maximum atomic E-state index is 5.79. The van der Waals surface area contributed by atoms with E-state index in [2.05, 4.69) is 32.1 Å². The lowest BCUT2D eigenvalue weighted by atomic mass is 10.3. The van der Waals surface area contributed by atoms with Crippen LogP contribution in [0, 0.1) is 6.92 Å². The molecule has 1 aromatic carbocycles. The lowest BCUT2D eigenvalue weighted by Gasteiger charge is -2.14. The van der Waals surface area contributed by atoms with E-state index in [0.29, 0.717) is 25.7 Å². The minimum absolute atomic E-state index is 0.447. The monoisotopic (exact) mass is 420 g/mol. The van der Waals surface area contributed by atoms with Gasteiger partial charge in [-0.05, 0) is 37.5 Å². The molecule has 0 spiro atoms. The maximum absolute atomic E-state index is 5.79. The number of aromatic nitrogens is 3. The number of methoxy groups -OCH3 is 1. The smallest absolute Gasteiger partial charge is 0.196 e. The summed E-state index contributed by atoms with van der Waals surface area (Å²) in [5.74, 6) is 4.33. The molecule has 0 fully saturated rings. The second kappa shape index (κ2) is 13.1. The van der Waals surface area contributed by atoms with Gasteiger partial charge in [-0.15, -0.1) is 10.2 Å². The van der Waals surface area contributed by atoms with Gasteiger partial charge in [-0.1, -0.05) is 6.07 Å². The van der Waals surface area contributed by atoms with Crippen LogP contribution >= 0.6 is 11.8 Å². The van der Waals surface area contributed by atoms with Crippen LogP contribution < -0.4 is 15.4 Å². The topological polar surface area (TPSA) is 85.6 Å². The van der Waals surface area contributed by atoms with Gasteiger partial charge in [0.05, 0.1) is 6.61 Å². The fourth-order valence-corrected chi connectivity index (χ4v) is 2.93. The summed E-state index contributed by atoms with van der Waals surface area (Å²) in [6, 6.07) is 7.88. The Morgan fingerprint density at radius 3 is 2.83 bits per heavy atom. The van der Waals surface area contributed by atoms with Gasteiger partial charge in [-0.2, -0.15) is 11.8 Å². The molecule has 1 aromatic heterocycles. The number of nitrogens with one attached hydrogen (secondary N) is 2. The zero-order valence-electron chi connectivity index (χ0n) is 17.8. The third-order valence-corrected chi connectivity index (χ3v) is 4.93. The molecule has 2 N–H and O–H groups in total. The van der Waals surface area contributed by atoms with E-state index in [9.17, 15) is 0 Å². The number of hydrogen-bond donors (Lipinski definition) is 2. The number of aryl methyl sites for hydroxylation is 1. The molecule has 0 amide bonds. The van der Waals surface area contributed by atoms with Gasteiger partial charge in [0.2, 0.25) is 0 Å². The van der Waals surface area contributed by atoms with E-state index in [-0.39, 0.29) is 0 Å². The molecule has 8 nitrogen and oxygen atoms in total. The molecule has 2 aromatic rings. The summed E-state index contributed by atoms with van der Waals surface area (Å²) in [6.07, 6.45) is 4.03. The van der Waals surface area contributed by atoms with Gasteiger partial charge >= 0.3 is 0 Å². The number of hydrogen-bond acceptors (Lipinski definition) is 6. The van der Waals surface area contributed by atoms with Gasteiger partial charge in [-0.3, -0.25) is 0 Å². The first kappa shape index (κ1) is 23.0. The summed E-state index contributed by atoms with van der Waals surface area (Å²) in [4.78, 5) is 4.68. The van der Waals surface area contributed by atoms with Crippen molar-refractivity contribution >= 4 is 23.4 Å². The first-order valence-electron chi connectivity index (χ1n) is 9.75. The molecule has 0 aliphatic rings. The lowest BCUT2D eigenvalue weighted by molar-refractivity contribution is 0.172. The van der Waals surface area contributed by atoms with E-state index in [0.717, 1.165) is 48.2 Å². The molecule has 0 aliphatic heterocycles. The van der Waals surface area contributed by atoms with Crippen molar-refractivity contribution in [1.29, 1.82) is 0 Å². The zero-order valence-corrected chi connectivity index (χ0v) is 18.6. The minimum Gasteiger partial charge on any atom is -0.493 e. The number of nitrogens with zero attached hydrogens (tertiary/aromatic N) is 4. The summed E-state index contributed by atoms with van der Waals surface area (Å²) in [7, 11) is 3.64. The number of rotatable bonds is 12. The van der Waals surface area contributed by atoms with Crippen LogP contribution in [-0.4, -0.2) is 59.6 Å². The molecule has 0 bridgehead atoms. The highest BCUT2D eigenvalue weighted by atomic mass is 32.2. The lowest BCUT2D eigenvalue weighted by Crippen LogP contribution is -2.32. The van der Waals surface area contributed by atoms with E-state index in [1.54, 1.807) is 7.11 Å². The van der Waals surface area contributed by atoms with Crippen molar-refractivity contribution in [3.05, 3.63) is 35.9 Å². The number of ether oxygens (including phenoxy) is 2. The Hall–Kier alpha value is -2.26. The summed E-state index contributed by atoms with van der Waals surface area (Å²) in [5.41, 5.74) is 0.916. The molecule has 2 rings (SSSR count). The molecule has 29 heavy (non-hydrogen) atoms. The molecule has 0 radical (unpaired) electrons. The average molecular weight is 421 g/mol. The van der Waals surface area contributed by atoms with E-state index in [1.165, 1.54) is 0 Å². The molecule has 0 aliphatic carbocycles. The molecule has 0 saturated heterocycles. The Morgan fingerprint density at radius 2 is 2.10 bits per heavy atom. The summed E-state index contributed by atoms with van der Waals surface area (Å²) in [5, 5.41) is 15.0. The Labute approximate surface area is 177 Å². The zero-order chi connectivity index (χ0) is 20.9. The van der Waals surface area contributed by atoms with E-state index >= 15 is 0 Å². The van der Waals surface area contributed by atoms with Crippen LogP contribution in [-0.2, 0) is 18.3 Å². The second-order valence-electron chi connectivity index (χ2n) is 6.51. The average Bonchev–Trinajstić information content (AvgIpc) is 3.05. The van der Waals surface area contributed by atoms with Crippen LogP contribution in [0.25, 0.3) is 0 Å². The molecule has 160 valence electrons. The Balaban J connectivity index is 2.02. The van der Waals surface area contributed by atoms with Crippen LogP contribution in [0.5, 0.6) is 5.75 Å². The largest absolute Gasteiger partial charge is 0.493 e. The number of thioether (sulfide) groups is 1.